The molecule has 0 aromatic carbocycles. The number of aromatic nitrogens is 3. The Morgan fingerprint density at radius 2 is 2.14 bits per heavy atom. The van der Waals surface area contributed by atoms with E-state index in [-0.39, 0.29) is 0 Å². The van der Waals surface area contributed by atoms with E-state index in [1.807, 2.05) is 4.68 Å². The number of rotatable bonds is 5. The molecule has 0 fully saturated rings. The first-order valence-electron chi connectivity index (χ1n) is 5.06. The Hall–Kier alpha value is -0.380. The van der Waals surface area contributed by atoms with Gasteiger partial charge in [0.15, 0.2) is 0 Å². The second kappa shape index (κ2) is 5.49. The summed E-state index contributed by atoms with van der Waals surface area (Å²) in [6.45, 7) is 7.56. The van der Waals surface area contributed by atoms with Crippen molar-refractivity contribution < 1.29 is 0 Å². The van der Waals surface area contributed by atoms with E-state index in [2.05, 4.69) is 46.8 Å². The second-order valence-electron chi connectivity index (χ2n) is 4.22. The van der Waals surface area contributed by atoms with Gasteiger partial charge >= 0.3 is 0 Å². The molecule has 1 unspecified atom stereocenters. The molecule has 1 aromatic rings. The fraction of sp³-hybridized carbons (Fsp3) is 0.800. The molecule has 80 valence electrons. The van der Waals surface area contributed by atoms with Gasteiger partial charge in [-0.1, -0.05) is 36.7 Å². The third-order valence-corrected chi connectivity index (χ3v) is 3.13. The zero-order valence-corrected chi connectivity index (χ0v) is 10.7. The number of nitrogens with zero attached hydrogens (tertiary/aromatic N) is 3. The summed E-state index contributed by atoms with van der Waals surface area (Å²) in [5.41, 5.74) is 0. The summed E-state index contributed by atoms with van der Waals surface area (Å²) in [5, 5.41) is 5.25. The predicted molar refractivity (Wildman–Crippen MR) is 61.5 cm³/mol. The van der Waals surface area contributed by atoms with Crippen LogP contribution in [0.25, 0.3) is 0 Å². The third-order valence-electron chi connectivity index (χ3n) is 2.03. The summed E-state index contributed by atoms with van der Waals surface area (Å²) < 4.78 is 2.02. The van der Waals surface area contributed by atoms with E-state index in [9.17, 15) is 0 Å². The molecular formula is C10H18BrN3. The van der Waals surface area contributed by atoms with Gasteiger partial charge in [-0.25, -0.2) is 9.67 Å². The van der Waals surface area contributed by atoms with E-state index in [1.165, 1.54) is 0 Å². The molecule has 4 heteroatoms. The largest absolute Gasteiger partial charge is 0.250 e. The van der Waals surface area contributed by atoms with Gasteiger partial charge in [0.2, 0.25) is 0 Å². The van der Waals surface area contributed by atoms with Crippen LogP contribution in [-0.4, -0.2) is 20.1 Å². The second-order valence-corrected chi connectivity index (χ2v) is 4.86. The molecule has 0 saturated heterocycles. The molecule has 0 aliphatic carbocycles. The van der Waals surface area contributed by atoms with Crippen molar-refractivity contribution in [2.24, 2.45) is 11.8 Å². The summed E-state index contributed by atoms with van der Waals surface area (Å²) in [5.74, 6) is 2.34. The lowest BCUT2D eigenvalue weighted by Crippen LogP contribution is -2.13. The molecule has 0 amide bonds. The van der Waals surface area contributed by atoms with Crippen LogP contribution in [0.15, 0.2) is 6.33 Å². The molecule has 0 saturated carbocycles. The van der Waals surface area contributed by atoms with Crippen molar-refractivity contribution in [2.75, 3.05) is 5.33 Å². The topological polar surface area (TPSA) is 30.7 Å². The minimum atomic E-state index is 0.616. The minimum Gasteiger partial charge on any atom is -0.250 e. The van der Waals surface area contributed by atoms with E-state index < -0.39 is 0 Å². The Balaban J connectivity index is 2.62. The standard InChI is InChI=1S/C10H18BrN3/c1-8(2)6-14-10(12-7-13-14)4-9(3)5-11/h7-9H,4-6H2,1-3H3. The highest BCUT2D eigenvalue weighted by Crippen LogP contribution is 2.09. The molecule has 0 radical (unpaired) electrons. The Bertz CT molecular complexity index is 270. The van der Waals surface area contributed by atoms with E-state index in [4.69, 9.17) is 0 Å². The van der Waals surface area contributed by atoms with Crippen molar-refractivity contribution in [3.63, 3.8) is 0 Å². The molecule has 0 aliphatic rings. The normalized spacial score (nSPS) is 13.5. The van der Waals surface area contributed by atoms with Crippen molar-refractivity contribution in [1.82, 2.24) is 14.8 Å². The molecule has 0 N–H and O–H groups in total. The zero-order valence-electron chi connectivity index (χ0n) is 9.07. The van der Waals surface area contributed by atoms with Crippen LogP contribution in [0.5, 0.6) is 0 Å². The van der Waals surface area contributed by atoms with Crippen LogP contribution >= 0.6 is 15.9 Å². The molecule has 1 aromatic heterocycles. The number of alkyl halides is 1. The van der Waals surface area contributed by atoms with Crippen molar-refractivity contribution in [1.29, 1.82) is 0 Å². The minimum absolute atomic E-state index is 0.616. The number of hydrogen-bond donors (Lipinski definition) is 0. The van der Waals surface area contributed by atoms with Gasteiger partial charge in [-0.05, 0) is 11.8 Å². The van der Waals surface area contributed by atoms with Crippen LogP contribution in [0, 0.1) is 11.8 Å². The van der Waals surface area contributed by atoms with E-state index in [0.29, 0.717) is 11.8 Å². The Kier molecular flexibility index (Phi) is 4.58. The maximum Gasteiger partial charge on any atom is 0.138 e. The van der Waals surface area contributed by atoms with Crippen LogP contribution < -0.4 is 0 Å². The van der Waals surface area contributed by atoms with Crippen molar-refractivity contribution in [3.8, 4) is 0 Å². The monoisotopic (exact) mass is 259 g/mol. The van der Waals surface area contributed by atoms with Crippen LogP contribution in [0.2, 0.25) is 0 Å². The van der Waals surface area contributed by atoms with Gasteiger partial charge in [-0.3, -0.25) is 0 Å². The average Bonchev–Trinajstić information content (AvgIpc) is 2.52. The summed E-state index contributed by atoms with van der Waals surface area (Å²) >= 11 is 3.48. The first-order valence-corrected chi connectivity index (χ1v) is 6.18. The van der Waals surface area contributed by atoms with Gasteiger partial charge in [0.05, 0.1) is 0 Å². The Morgan fingerprint density at radius 3 is 2.71 bits per heavy atom. The van der Waals surface area contributed by atoms with Crippen LogP contribution in [0.3, 0.4) is 0 Å². The average molecular weight is 260 g/mol. The molecule has 0 aliphatic heterocycles. The van der Waals surface area contributed by atoms with Gasteiger partial charge in [0.1, 0.15) is 12.2 Å². The fourth-order valence-electron chi connectivity index (χ4n) is 1.31. The first kappa shape index (κ1) is 11.7. The lowest BCUT2D eigenvalue weighted by Gasteiger charge is -2.10. The number of hydrogen-bond acceptors (Lipinski definition) is 2. The summed E-state index contributed by atoms with van der Waals surface area (Å²) in [6.07, 6.45) is 2.65. The molecule has 0 spiro atoms. The van der Waals surface area contributed by atoms with E-state index in [0.717, 1.165) is 24.1 Å². The smallest absolute Gasteiger partial charge is 0.138 e. The Labute approximate surface area is 94.0 Å². The summed E-state index contributed by atoms with van der Waals surface area (Å²) in [7, 11) is 0. The maximum absolute atomic E-state index is 4.29. The van der Waals surface area contributed by atoms with Crippen LogP contribution in [0.4, 0.5) is 0 Å². The maximum atomic E-state index is 4.29. The van der Waals surface area contributed by atoms with Gasteiger partial charge in [-0.15, -0.1) is 0 Å². The Morgan fingerprint density at radius 1 is 1.43 bits per heavy atom. The van der Waals surface area contributed by atoms with Gasteiger partial charge in [-0.2, -0.15) is 5.10 Å². The first-order chi connectivity index (χ1) is 6.63. The highest BCUT2D eigenvalue weighted by atomic mass is 79.9. The molecule has 1 rings (SSSR count). The SMILES string of the molecule is CC(C)Cn1ncnc1CC(C)CBr. The van der Waals surface area contributed by atoms with Crippen LogP contribution in [-0.2, 0) is 13.0 Å². The van der Waals surface area contributed by atoms with E-state index >= 15 is 0 Å². The van der Waals surface area contributed by atoms with Crippen molar-refractivity contribution in [2.45, 2.75) is 33.7 Å². The van der Waals surface area contributed by atoms with Gasteiger partial charge in [0, 0.05) is 18.3 Å². The van der Waals surface area contributed by atoms with E-state index in [1.54, 1.807) is 6.33 Å². The highest BCUT2D eigenvalue weighted by molar-refractivity contribution is 9.09. The predicted octanol–water partition coefficient (Wildman–Crippen LogP) is 2.51. The number of halogens is 1. The molecular weight excluding hydrogens is 242 g/mol. The third kappa shape index (κ3) is 3.40. The fourth-order valence-corrected chi connectivity index (χ4v) is 1.54. The highest BCUT2D eigenvalue weighted by Gasteiger charge is 2.09. The molecule has 3 nitrogen and oxygen atoms in total. The molecule has 14 heavy (non-hydrogen) atoms. The van der Waals surface area contributed by atoms with Gasteiger partial charge < -0.3 is 0 Å². The molecule has 1 atom stereocenters. The van der Waals surface area contributed by atoms with Crippen molar-refractivity contribution in [3.05, 3.63) is 12.2 Å². The lowest BCUT2D eigenvalue weighted by atomic mass is 10.1. The van der Waals surface area contributed by atoms with Crippen molar-refractivity contribution >= 4 is 15.9 Å². The zero-order chi connectivity index (χ0) is 10.6. The lowest BCUT2D eigenvalue weighted by molar-refractivity contribution is 0.455. The van der Waals surface area contributed by atoms with Crippen LogP contribution in [0.1, 0.15) is 26.6 Å². The quantitative estimate of drug-likeness (QED) is 0.761. The summed E-state index contributed by atoms with van der Waals surface area (Å²) in [4.78, 5) is 4.29. The summed E-state index contributed by atoms with van der Waals surface area (Å²) in [6, 6.07) is 0. The van der Waals surface area contributed by atoms with Gasteiger partial charge in [0.25, 0.3) is 0 Å². The molecule has 0 bridgehead atoms. The molecule has 1 heterocycles.